The summed E-state index contributed by atoms with van der Waals surface area (Å²) in [5, 5.41) is 5.51. The van der Waals surface area contributed by atoms with Crippen LogP contribution in [0.1, 0.15) is 5.56 Å². The summed E-state index contributed by atoms with van der Waals surface area (Å²) in [4.78, 5) is 17.3. The minimum Gasteiger partial charge on any atom is -0.267 e. The van der Waals surface area contributed by atoms with E-state index in [1.165, 1.54) is 11.3 Å². The molecular formula is C19H8F5N3OS. The maximum atomic E-state index is 13.8. The molecule has 2 heterocycles. The number of benzene rings is 2. The van der Waals surface area contributed by atoms with Crippen LogP contribution in [-0.2, 0) is 0 Å². The molecule has 0 aliphatic rings. The van der Waals surface area contributed by atoms with Gasteiger partial charge < -0.3 is 0 Å². The number of aromatic nitrogens is 2. The summed E-state index contributed by atoms with van der Waals surface area (Å²) in [7, 11) is 0. The van der Waals surface area contributed by atoms with Gasteiger partial charge in [-0.05, 0) is 5.56 Å². The van der Waals surface area contributed by atoms with Gasteiger partial charge in [-0.2, -0.15) is 9.78 Å². The number of hydrogen-bond donors (Lipinski definition) is 0. The molecule has 0 unspecified atom stereocenters. The van der Waals surface area contributed by atoms with Gasteiger partial charge in [0, 0.05) is 10.9 Å². The summed E-state index contributed by atoms with van der Waals surface area (Å²) in [6, 6.07) is 8.96. The molecule has 0 amide bonds. The van der Waals surface area contributed by atoms with Gasteiger partial charge in [0.1, 0.15) is 11.2 Å². The molecule has 4 rings (SSSR count). The van der Waals surface area contributed by atoms with Crippen molar-refractivity contribution < 1.29 is 22.0 Å². The molecule has 2 aromatic heterocycles. The molecule has 0 radical (unpaired) electrons. The number of halogens is 5. The van der Waals surface area contributed by atoms with Crippen LogP contribution in [0.4, 0.5) is 22.0 Å². The molecule has 2 aromatic carbocycles. The van der Waals surface area contributed by atoms with E-state index in [4.69, 9.17) is 0 Å². The van der Waals surface area contributed by atoms with Crippen LogP contribution in [0.3, 0.4) is 0 Å². The number of thiophene rings is 1. The molecule has 0 saturated carbocycles. The molecule has 146 valence electrons. The van der Waals surface area contributed by atoms with E-state index in [2.05, 4.69) is 10.1 Å². The normalized spacial score (nSPS) is 11.6. The Balaban J connectivity index is 1.85. The van der Waals surface area contributed by atoms with Crippen molar-refractivity contribution in [2.45, 2.75) is 0 Å². The Hall–Kier alpha value is -3.40. The van der Waals surface area contributed by atoms with Crippen LogP contribution in [0.5, 0.6) is 0 Å². The highest BCUT2D eigenvalue weighted by molar-refractivity contribution is 7.17. The third kappa shape index (κ3) is 3.11. The lowest BCUT2D eigenvalue weighted by molar-refractivity contribution is 0.377. The van der Waals surface area contributed by atoms with Crippen LogP contribution in [0.2, 0.25) is 0 Å². The third-order valence-corrected chi connectivity index (χ3v) is 5.00. The number of nitrogens with zero attached hydrogens (tertiary/aromatic N) is 3. The average molecular weight is 421 g/mol. The summed E-state index contributed by atoms with van der Waals surface area (Å²) in [5.41, 5.74) is -0.583. The summed E-state index contributed by atoms with van der Waals surface area (Å²) < 4.78 is 68.0. The fourth-order valence-electron chi connectivity index (χ4n) is 2.69. The Morgan fingerprint density at radius 3 is 2.21 bits per heavy atom. The summed E-state index contributed by atoms with van der Waals surface area (Å²) in [6.45, 7) is 0. The predicted octanol–water partition coefficient (Wildman–Crippen LogP) is 4.70. The molecule has 0 N–H and O–H groups in total. The van der Waals surface area contributed by atoms with E-state index in [1.807, 2.05) is 6.07 Å². The van der Waals surface area contributed by atoms with Crippen LogP contribution < -0.4 is 5.56 Å². The Morgan fingerprint density at radius 2 is 1.55 bits per heavy atom. The van der Waals surface area contributed by atoms with E-state index in [-0.39, 0.29) is 5.39 Å². The largest absolute Gasteiger partial charge is 0.283 e. The molecule has 4 nitrogen and oxygen atoms in total. The molecule has 4 aromatic rings. The molecule has 0 saturated heterocycles. The Labute approximate surface area is 163 Å². The fraction of sp³-hybridized carbons (Fsp3) is 0. The van der Waals surface area contributed by atoms with Crippen molar-refractivity contribution in [1.29, 1.82) is 0 Å². The quantitative estimate of drug-likeness (QED) is 0.208. The summed E-state index contributed by atoms with van der Waals surface area (Å²) in [6.07, 6.45) is 1.39. The maximum absolute atomic E-state index is 13.8. The van der Waals surface area contributed by atoms with Gasteiger partial charge >= 0.3 is 0 Å². The first-order valence-electron chi connectivity index (χ1n) is 8.00. The second kappa shape index (κ2) is 7.21. The third-order valence-electron chi connectivity index (χ3n) is 4.12. The van der Waals surface area contributed by atoms with Crippen molar-refractivity contribution in [2.24, 2.45) is 5.10 Å². The van der Waals surface area contributed by atoms with E-state index in [9.17, 15) is 26.7 Å². The fourth-order valence-corrected chi connectivity index (χ4v) is 3.60. The molecule has 0 aliphatic carbocycles. The molecule has 0 atom stereocenters. The van der Waals surface area contributed by atoms with E-state index in [1.54, 1.807) is 29.6 Å². The van der Waals surface area contributed by atoms with Gasteiger partial charge in [-0.25, -0.2) is 26.9 Å². The topological polar surface area (TPSA) is 47.2 Å². The highest BCUT2D eigenvalue weighted by Gasteiger charge is 2.24. The van der Waals surface area contributed by atoms with Gasteiger partial charge in [0.05, 0.1) is 17.2 Å². The molecule has 0 fully saturated rings. The molecule has 0 aliphatic heterocycles. The predicted molar refractivity (Wildman–Crippen MR) is 98.5 cm³/mol. The number of hydrogen-bond acceptors (Lipinski definition) is 4. The molecule has 10 heteroatoms. The first-order chi connectivity index (χ1) is 13.9. The van der Waals surface area contributed by atoms with E-state index in [0.717, 1.165) is 11.9 Å². The monoisotopic (exact) mass is 421 g/mol. The molecular weight excluding hydrogens is 413 g/mol. The van der Waals surface area contributed by atoms with Crippen LogP contribution in [0.15, 0.2) is 51.9 Å². The summed E-state index contributed by atoms with van der Waals surface area (Å²) >= 11 is 1.22. The van der Waals surface area contributed by atoms with Crippen LogP contribution in [0, 0.1) is 29.1 Å². The standard InChI is InChI=1S/C19H8F5N3OS/c20-13-10(14(21)16(23)17(24)15(13)22)6-26-27-8-25-18-12(19(27)28)11(7-29-18)9-4-2-1-3-5-9/h1-8H/b26-6+. The van der Waals surface area contributed by atoms with Crippen molar-refractivity contribution >= 4 is 27.8 Å². The smallest absolute Gasteiger partial charge is 0.267 e. The van der Waals surface area contributed by atoms with Crippen molar-refractivity contribution in [3.63, 3.8) is 0 Å². The first-order valence-corrected chi connectivity index (χ1v) is 8.88. The minimum atomic E-state index is -2.27. The minimum absolute atomic E-state index is 0.221. The van der Waals surface area contributed by atoms with E-state index in [0.29, 0.717) is 21.3 Å². The Kier molecular flexibility index (Phi) is 4.71. The zero-order valence-electron chi connectivity index (χ0n) is 14.2. The Bertz CT molecular complexity index is 1300. The second-order valence-electron chi connectivity index (χ2n) is 5.82. The maximum Gasteiger partial charge on any atom is 0.283 e. The van der Waals surface area contributed by atoms with Gasteiger partial charge in [-0.1, -0.05) is 30.3 Å². The average Bonchev–Trinajstić information content (AvgIpc) is 3.18. The highest BCUT2D eigenvalue weighted by Crippen LogP contribution is 2.30. The number of fused-ring (bicyclic) bond motifs is 1. The Morgan fingerprint density at radius 1 is 0.931 bits per heavy atom. The van der Waals surface area contributed by atoms with Crippen molar-refractivity contribution in [3.8, 4) is 11.1 Å². The van der Waals surface area contributed by atoms with Gasteiger partial charge in [0.2, 0.25) is 5.82 Å². The molecule has 29 heavy (non-hydrogen) atoms. The zero-order valence-corrected chi connectivity index (χ0v) is 15.0. The molecule has 0 spiro atoms. The number of rotatable bonds is 3. The van der Waals surface area contributed by atoms with Gasteiger partial charge in [-0.3, -0.25) is 4.79 Å². The van der Waals surface area contributed by atoms with E-state index < -0.39 is 40.2 Å². The lowest BCUT2D eigenvalue weighted by Crippen LogP contribution is -2.17. The lowest BCUT2D eigenvalue weighted by atomic mass is 10.1. The SMILES string of the molecule is O=c1c2c(-c3ccccc3)csc2ncn1/N=C/c1c(F)c(F)c(F)c(F)c1F. The molecule has 0 bridgehead atoms. The van der Waals surface area contributed by atoms with Crippen LogP contribution in [0.25, 0.3) is 21.3 Å². The highest BCUT2D eigenvalue weighted by atomic mass is 32.1. The van der Waals surface area contributed by atoms with Gasteiger partial charge in [-0.15, -0.1) is 11.3 Å². The van der Waals surface area contributed by atoms with Gasteiger partial charge in [0.25, 0.3) is 5.56 Å². The van der Waals surface area contributed by atoms with E-state index >= 15 is 0 Å². The second-order valence-corrected chi connectivity index (χ2v) is 6.68. The first kappa shape index (κ1) is 18.9. The van der Waals surface area contributed by atoms with Crippen molar-refractivity contribution in [1.82, 2.24) is 9.66 Å². The lowest BCUT2D eigenvalue weighted by Gasteiger charge is -2.04. The van der Waals surface area contributed by atoms with Crippen molar-refractivity contribution in [3.05, 3.63) is 87.0 Å². The summed E-state index contributed by atoms with van der Waals surface area (Å²) in [5.74, 6) is -10.6. The zero-order chi connectivity index (χ0) is 20.7. The van der Waals surface area contributed by atoms with Gasteiger partial charge in [0.15, 0.2) is 23.3 Å². The van der Waals surface area contributed by atoms with Crippen molar-refractivity contribution in [2.75, 3.05) is 0 Å². The van der Waals surface area contributed by atoms with Crippen LogP contribution >= 0.6 is 11.3 Å². The van der Waals surface area contributed by atoms with Crippen LogP contribution in [-0.4, -0.2) is 15.9 Å².